The van der Waals surface area contributed by atoms with E-state index in [9.17, 15) is 13.2 Å². The fourth-order valence-electron chi connectivity index (χ4n) is 3.31. The van der Waals surface area contributed by atoms with E-state index in [0.29, 0.717) is 28.1 Å². The van der Waals surface area contributed by atoms with Gasteiger partial charge >= 0.3 is 6.18 Å². The highest BCUT2D eigenvalue weighted by atomic mass is 19.4. The second kappa shape index (κ2) is 7.77. The average molecular weight is 432 g/mol. The van der Waals surface area contributed by atoms with Gasteiger partial charge in [0.15, 0.2) is 0 Å². The number of anilines is 2. The molecule has 5 rings (SSSR count). The number of benzene rings is 2. The highest BCUT2D eigenvalue weighted by molar-refractivity contribution is 5.80. The second-order valence-electron chi connectivity index (χ2n) is 7.09. The first-order valence-corrected chi connectivity index (χ1v) is 9.63. The maximum Gasteiger partial charge on any atom is 0.416 e. The van der Waals surface area contributed by atoms with Crippen molar-refractivity contribution in [2.75, 3.05) is 5.32 Å². The van der Waals surface area contributed by atoms with Crippen LogP contribution in [-0.2, 0) is 6.18 Å². The minimum Gasteiger partial charge on any atom is -0.354 e. The Bertz CT molecular complexity index is 1380. The fourth-order valence-corrected chi connectivity index (χ4v) is 3.31. The highest BCUT2D eigenvalue weighted by Crippen LogP contribution is 2.32. The van der Waals surface area contributed by atoms with E-state index in [1.54, 1.807) is 18.6 Å². The number of hydrogen-bond donors (Lipinski definition) is 2. The molecule has 32 heavy (non-hydrogen) atoms. The maximum absolute atomic E-state index is 13.0. The number of imidazole rings is 1. The molecule has 5 aromatic rings. The number of hydrogen-bond acceptors (Lipinski definition) is 5. The normalized spacial score (nSPS) is 11.6. The van der Waals surface area contributed by atoms with Gasteiger partial charge in [0, 0.05) is 29.2 Å². The van der Waals surface area contributed by atoms with Crippen LogP contribution in [-0.4, -0.2) is 25.1 Å². The van der Waals surface area contributed by atoms with E-state index in [1.165, 1.54) is 6.07 Å². The number of rotatable bonds is 4. The van der Waals surface area contributed by atoms with Gasteiger partial charge in [-0.05, 0) is 48.5 Å². The maximum atomic E-state index is 13.0. The van der Waals surface area contributed by atoms with Crippen molar-refractivity contribution in [3.63, 3.8) is 0 Å². The number of nitrogens with one attached hydrogen (secondary N) is 2. The summed E-state index contributed by atoms with van der Waals surface area (Å²) in [5.41, 5.74) is 3.97. The Morgan fingerprint density at radius 3 is 2.44 bits per heavy atom. The molecule has 0 bridgehead atoms. The molecule has 0 atom stereocenters. The Hall–Kier alpha value is -4.27. The quantitative estimate of drug-likeness (QED) is 0.373. The Morgan fingerprint density at radius 1 is 0.844 bits per heavy atom. The summed E-state index contributed by atoms with van der Waals surface area (Å²) in [4.78, 5) is 11.6. The van der Waals surface area contributed by atoms with Gasteiger partial charge in [0.1, 0.15) is 5.82 Å². The van der Waals surface area contributed by atoms with Crippen LogP contribution in [0.2, 0.25) is 0 Å². The zero-order chi connectivity index (χ0) is 22.1. The van der Waals surface area contributed by atoms with E-state index in [4.69, 9.17) is 0 Å². The molecule has 0 amide bonds. The lowest BCUT2D eigenvalue weighted by molar-refractivity contribution is -0.137. The lowest BCUT2D eigenvalue weighted by atomic mass is 10.1. The predicted octanol–water partition coefficient (Wildman–Crippen LogP) is 5.84. The summed E-state index contributed by atoms with van der Waals surface area (Å²) in [7, 11) is 0. The third-order valence-corrected chi connectivity index (χ3v) is 4.86. The number of pyridine rings is 1. The summed E-state index contributed by atoms with van der Waals surface area (Å²) in [6.07, 6.45) is 0.472. The highest BCUT2D eigenvalue weighted by Gasteiger charge is 2.30. The van der Waals surface area contributed by atoms with E-state index in [-0.39, 0.29) is 0 Å². The van der Waals surface area contributed by atoms with Crippen LogP contribution in [0.15, 0.2) is 79.3 Å². The van der Waals surface area contributed by atoms with E-state index < -0.39 is 11.7 Å². The zero-order valence-electron chi connectivity index (χ0n) is 16.4. The average Bonchev–Trinajstić information content (AvgIpc) is 3.23. The molecule has 3 aromatic heterocycles. The fraction of sp³-hybridized carbons (Fsp3) is 0.0435. The molecule has 0 saturated heterocycles. The van der Waals surface area contributed by atoms with Crippen LogP contribution in [0.1, 0.15) is 5.56 Å². The number of H-pyrrole nitrogens is 1. The number of alkyl halides is 3. The molecule has 0 spiro atoms. The van der Waals surface area contributed by atoms with Gasteiger partial charge in [-0.15, -0.1) is 0 Å². The van der Waals surface area contributed by atoms with Crippen LogP contribution in [0, 0.1) is 0 Å². The first-order chi connectivity index (χ1) is 15.5. The van der Waals surface area contributed by atoms with Gasteiger partial charge < -0.3 is 10.3 Å². The van der Waals surface area contributed by atoms with Crippen LogP contribution in [0.3, 0.4) is 0 Å². The minimum absolute atomic E-state index is 0.313. The molecular formula is C23H15F3N6. The molecule has 158 valence electrons. The van der Waals surface area contributed by atoms with Crippen LogP contribution in [0.5, 0.6) is 0 Å². The van der Waals surface area contributed by atoms with Gasteiger partial charge in [0.2, 0.25) is 0 Å². The summed E-state index contributed by atoms with van der Waals surface area (Å²) < 4.78 is 38.9. The molecule has 0 aliphatic rings. The lowest BCUT2D eigenvalue weighted by Crippen LogP contribution is -2.04. The number of aromatic nitrogens is 5. The number of fused-ring (bicyclic) bond motifs is 1. The molecule has 3 heterocycles. The summed E-state index contributed by atoms with van der Waals surface area (Å²) in [6.45, 7) is 0. The summed E-state index contributed by atoms with van der Waals surface area (Å²) in [5.74, 6) is 0.438. The van der Waals surface area contributed by atoms with Gasteiger partial charge in [-0.2, -0.15) is 23.4 Å². The van der Waals surface area contributed by atoms with Crippen molar-refractivity contribution in [1.29, 1.82) is 0 Å². The zero-order valence-corrected chi connectivity index (χ0v) is 16.4. The van der Waals surface area contributed by atoms with Crippen molar-refractivity contribution in [3.8, 4) is 22.6 Å². The van der Waals surface area contributed by atoms with Crippen LogP contribution < -0.4 is 5.32 Å². The van der Waals surface area contributed by atoms with Crippen molar-refractivity contribution in [2.45, 2.75) is 6.18 Å². The van der Waals surface area contributed by atoms with Crippen LogP contribution in [0.25, 0.3) is 33.7 Å². The number of halogens is 3. The molecule has 0 fully saturated rings. The largest absolute Gasteiger partial charge is 0.416 e. The van der Waals surface area contributed by atoms with Gasteiger partial charge in [-0.3, -0.25) is 4.98 Å². The smallest absolute Gasteiger partial charge is 0.354 e. The molecule has 9 heteroatoms. The summed E-state index contributed by atoms with van der Waals surface area (Å²) in [6, 6.07) is 16.7. The van der Waals surface area contributed by atoms with Crippen molar-refractivity contribution in [2.24, 2.45) is 0 Å². The Morgan fingerprint density at radius 2 is 1.69 bits per heavy atom. The molecule has 0 aliphatic heterocycles. The second-order valence-corrected chi connectivity index (χ2v) is 7.09. The Labute approximate surface area is 180 Å². The van der Waals surface area contributed by atoms with Crippen molar-refractivity contribution < 1.29 is 13.2 Å². The molecule has 6 nitrogen and oxygen atoms in total. The molecule has 0 unspecified atom stereocenters. The van der Waals surface area contributed by atoms with Crippen LogP contribution in [0.4, 0.5) is 24.5 Å². The van der Waals surface area contributed by atoms with Gasteiger partial charge in [0.05, 0.1) is 34.2 Å². The topological polar surface area (TPSA) is 79.4 Å². The van der Waals surface area contributed by atoms with E-state index in [2.05, 4.69) is 30.5 Å². The number of nitrogens with zero attached hydrogens (tertiary/aromatic N) is 4. The molecular weight excluding hydrogens is 417 g/mol. The van der Waals surface area contributed by atoms with Gasteiger partial charge in [0.25, 0.3) is 0 Å². The molecule has 2 N–H and O–H groups in total. The van der Waals surface area contributed by atoms with Gasteiger partial charge in [-0.1, -0.05) is 12.1 Å². The third kappa shape index (κ3) is 4.00. The minimum atomic E-state index is -4.41. The lowest BCUT2D eigenvalue weighted by Gasteiger charge is -2.08. The van der Waals surface area contributed by atoms with E-state index >= 15 is 0 Å². The van der Waals surface area contributed by atoms with Gasteiger partial charge in [-0.25, -0.2) is 4.98 Å². The predicted molar refractivity (Wildman–Crippen MR) is 115 cm³/mol. The first-order valence-electron chi connectivity index (χ1n) is 9.63. The van der Waals surface area contributed by atoms with Crippen molar-refractivity contribution in [3.05, 3.63) is 84.8 Å². The van der Waals surface area contributed by atoms with E-state index in [0.717, 1.165) is 29.1 Å². The summed E-state index contributed by atoms with van der Waals surface area (Å²) in [5, 5.41) is 11.2. The third-order valence-electron chi connectivity index (χ3n) is 4.86. The molecule has 0 radical (unpaired) electrons. The number of aromatic amines is 1. The molecule has 0 aliphatic carbocycles. The Kier molecular flexibility index (Phi) is 4.78. The molecule has 2 aromatic carbocycles. The van der Waals surface area contributed by atoms with E-state index in [1.807, 2.05) is 42.5 Å². The standard InChI is InChI=1S/C23H15F3N6/c24-23(25,26)16-5-8-20-21(11-16)31-22(30-20)15-10-18(13-27-12-15)29-17-6-3-14(4-7-17)19-2-1-9-28-32-19/h1-13,29H,(H,30,31). The Balaban J connectivity index is 1.39. The summed E-state index contributed by atoms with van der Waals surface area (Å²) >= 11 is 0. The van der Waals surface area contributed by atoms with Crippen molar-refractivity contribution in [1.82, 2.24) is 25.1 Å². The van der Waals surface area contributed by atoms with Crippen LogP contribution >= 0.6 is 0 Å². The monoisotopic (exact) mass is 432 g/mol. The van der Waals surface area contributed by atoms with Crippen molar-refractivity contribution >= 4 is 22.4 Å². The molecule has 0 saturated carbocycles. The first kappa shape index (κ1) is 19.7. The SMILES string of the molecule is FC(F)(F)c1ccc2nc(-c3cncc(Nc4ccc(-c5cccnn5)cc4)c3)[nH]c2c1.